The molecule has 0 spiro atoms. The molecule has 2 unspecified atom stereocenters. The molecule has 0 aromatic carbocycles. The molecule has 3 aliphatic rings. The number of nitrogens with one attached hydrogen (secondary N) is 1. The molecule has 1 saturated carbocycles. The first kappa shape index (κ1) is 11.9. The molecule has 0 radical (unpaired) electrons. The van der Waals surface area contributed by atoms with E-state index in [9.17, 15) is 0 Å². The van der Waals surface area contributed by atoms with E-state index in [2.05, 4.69) is 22.2 Å². The van der Waals surface area contributed by atoms with Crippen molar-refractivity contribution in [2.75, 3.05) is 39.8 Å². The summed E-state index contributed by atoms with van der Waals surface area (Å²) in [6.45, 7) is 6.51. The number of hydrogen-bond donors (Lipinski definition) is 1. The average Bonchev–Trinajstić information content (AvgIpc) is 3.07. The fourth-order valence-electron chi connectivity index (χ4n) is 3.47. The van der Waals surface area contributed by atoms with Crippen LogP contribution in [-0.4, -0.2) is 61.7 Å². The molecule has 2 saturated heterocycles. The van der Waals surface area contributed by atoms with Gasteiger partial charge in [0, 0.05) is 25.2 Å². The van der Waals surface area contributed by atoms with E-state index in [1.807, 2.05) is 0 Å². The highest BCUT2D eigenvalue weighted by Crippen LogP contribution is 2.31. The molecule has 2 aliphatic heterocycles. The number of hydrogen-bond acceptors (Lipinski definition) is 3. The van der Waals surface area contributed by atoms with E-state index in [0.29, 0.717) is 0 Å². The third-order valence-electron chi connectivity index (χ3n) is 4.70. The predicted molar refractivity (Wildman–Crippen MR) is 71.2 cm³/mol. The number of rotatable bonds is 4. The van der Waals surface area contributed by atoms with Crippen LogP contribution in [0.15, 0.2) is 0 Å². The van der Waals surface area contributed by atoms with E-state index in [-0.39, 0.29) is 0 Å². The lowest BCUT2D eigenvalue weighted by atomic mass is 10.0. The van der Waals surface area contributed by atoms with Crippen molar-refractivity contribution in [3.63, 3.8) is 0 Å². The van der Waals surface area contributed by atoms with E-state index in [4.69, 9.17) is 0 Å². The summed E-state index contributed by atoms with van der Waals surface area (Å²) in [7, 11) is 2.25. The van der Waals surface area contributed by atoms with Crippen molar-refractivity contribution in [2.24, 2.45) is 5.92 Å². The van der Waals surface area contributed by atoms with Crippen LogP contribution in [-0.2, 0) is 0 Å². The van der Waals surface area contributed by atoms with Crippen molar-refractivity contribution >= 4 is 0 Å². The number of piperidine rings is 1. The van der Waals surface area contributed by atoms with Crippen LogP contribution < -0.4 is 5.32 Å². The van der Waals surface area contributed by atoms with Crippen LogP contribution in [0.1, 0.15) is 32.1 Å². The molecule has 17 heavy (non-hydrogen) atoms. The zero-order valence-corrected chi connectivity index (χ0v) is 11.2. The van der Waals surface area contributed by atoms with E-state index in [1.54, 1.807) is 0 Å². The third kappa shape index (κ3) is 3.21. The Morgan fingerprint density at radius 3 is 2.71 bits per heavy atom. The second-order valence-corrected chi connectivity index (χ2v) is 6.39. The van der Waals surface area contributed by atoms with Crippen LogP contribution in [0.5, 0.6) is 0 Å². The number of nitrogens with zero attached hydrogens (tertiary/aromatic N) is 2. The van der Waals surface area contributed by atoms with Crippen LogP contribution in [0.3, 0.4) is 0 Å². The van der Waals surface area contributed by atoms with Gasteiger partial charge in [-0.05, 0) is 64.7 Å². The first-order valence-corrected chi connectivity index (χ1v) is 7.47. The highest BCUT2D eigenvalue weighted by atomic mass is 15.2. The normalized spacial score (nSPS) is 36.5. The van der Waals surface area contributed by atoms with Crippen LogP contribution in [0.4, 0.5) is 0 Å². The van der Waals surface area contributed by atoms with Gasteiger partial charge in [0.15, 0.2) is 0 Å². The van der Waals surface area contributed by atoms with Crippen LogP contribution >= 0.6 is 0 Å². The minimum atomic E-state index is 0.753. The van der Waals surface area contributed by atoms with Crippen LogP contribution in [0, 0.1) is 5.92 Å². The smallest absolute Gasteiger partial charge is 0.0195 e. The summed E-state index contributed by atoms with van der Waals surface area (Å²) in [5.74, 6) is 0.919. The molecule has 0 aromatic heterocycles. The Morgan fingerprint density at radius 1 is 1.06 bits per heavy atom. The molecule has 2 atom stereocenters. The molecule has 0 aromatic rings. The molecule has 3 heteroatoms. The van der Waals surface area contributed by atoms with Gasteiger partial charge < -0.3 is 15.1 Å². The Kier molecular flexibility index (Phi) is 3.69. The van der Waals surface area contributed by atoms with Gasteiger partial charge in [0.25, 0.3) is 0 Å². The van der Waals surface area contributed by atoms with Crippen molar-refractivity contribution in [3.05, 3.63) is 0 Å². The lowest BCUT2D eigenvalue weighted by Crippen LogP contribution is -2.45. The summed E-state index contributed by atoms with van der Waals surface area (Å²) in [4.78, 5) is 5.19. The maximum atomic E-state index is 3.81. The van der Waals surface area contributed by atoms with E-state index >= 15 is 0 Å². The first-order chi connectivity index (χ1) is 8.31. The van der Waals surface area contributed by atoms with Gasteiger partial charge in [-0.2, -0.15) is 0 Å². The summed E-state index contributed by atoms with van der Waals surface area (Å²) in [6.07, 6.45) is 7.10. The predicted octanol–water partition coefficient (Wildman–Crippen LogP) is 1.15. The fourth-order valence-corrected chi connectivity index (χ4v) is 3.47. The van der Waals surface area contributed by atoms with Gasteiger partial charge in [-0.3, -0.25) is 0 Å². The van der Waals surface area contributed by atoms with Gasteiger partial charge in [-0.15, -0.1) is 0 Å². The highest BCUT2D eigenvalue weighted by Gasteiger charge is 2.34. The Hall–Kier alpha value is -0.120. The Bertz CT molecular complexity index is 252. The van der Waals surface area contributed by atoms with E-state index in [1.165, 1.54) is 64.8 Å². The maximum Gasteiger partial charge on any atom is 0.0195 e. The van der Waals surface area contributed by atoms with Crippen molar-refractivity contribution in [1.82, 2.24) is 15.1 Å². The molecule has 1 N–H and O–H groups in total. The van der Waals surface area contributed by atoms with Gasteiger partial charge in [-0.1, -0.05) is 0 Å². The zero-order valence-electron chi connectivity index (χ0n) is 11.2. The van der Waals surface area contributed by atoms with Gasteiger partial charge >= 0.3 is 0 Å². The molecule has 0 amide bonds. The zero-order chi connectivity index (χ0) is 11.7. The van der Waals surface area contributed by atoms with Crippen molar-refractivity contribution in [2.45, 2.75) is 44.2 Å². The number of likely N-dealkylation sites (tertiary alicyclic amines) is 2. The van der Waals surface area contributed by atoms with Gasteiger partial charge in [0.1, 0.15) is 0 Å². The molecule has 1 aliphatic carbocycles. The van der Waals surface area contributed by atoms with E-state index < -0.39 is 0 Å². The summed E-state index contributed by atoms with van der Waals surface area (Å²) >= 11 is 0. The molecular weight excluding hydrogens is 210 g/mol. The molecule has 2 heterocycles. The summed E-state index contributed by atoms with van der Waals surface area (Å²) in [5.41, 5.74) is 0. The maximum absolute atomic E-state index is 3.81. The van der Waals surface area contributed by atoms with Crippen LogP contribution in [0.2, 0.25) is 0 Å². The second kappa shape index (κ2) is 5.25. The molecule has 98 valence electrons. The molecule has 3 nitrogen and oxygen atoms in total. The molecular formula is C14H27N3. The lowest BCUT2D eigenvalue weighted by Gasteiger charge is -2.31. The summed E-state index contributed by atoms with van der Waals surface area (Å²) in [6, 6.07) is 1.73. The van der Waals surface area contributed by atoms with Crippen LogP contribution in [0.25, 0.3) is 0 Å². The minimum Gasteiger partial charge on any atom is -0.312 e. The lowest BCUT2D eigenvalue weighted by molar-refractivity contribution is 0.221. The van der Waals surface area contributed by atoms with Crippen molar-refractivity contribution in [1.29, 1.82) is 0 Å². The Labute approximate surface area is 106 Å². The quantitative estimate of drug-likeness (QED) is 0.791. The Balaban J connectivity index is 1.36. The topological polar surface area (TPSA) is 18.5 Å². The van der Waals surface area contributed by atoms with Gasteiger partial charge in [-0.25, -0.2) is 0 Å². The Morgan fingerprint density at radius 2 is 1.94 bits per heavy atom. The fraction of sp³-hybridized carbons (Fsp3) is 1.00. The van der Waals surface area contributed by atoms with E-state index in [0.717, 1.165) is 18.0 Å². The van der Waals surface area contributed by atoms with Crippen molar-refractivity contribution in [3.8, 4) is 0 Å². The average molecular weight is 237 g/mol. The largest absolute Gasteiger partial charge is 0.312 e. The summed E-state index contributed by atoms with van der Waals surface area (Å²) in [5, 5.41) is 3.81. The third-order valence-corrected chi connectivity index (χ3v) is 4.70. The monoisotopic (exact) mass is 237 g/mol. The van der Waals surface area contributed by atoms with Gasteiger partial charge in [0.05, 0.1) is 0 Å². The highest BCUT2D eigenvalue weighted by molar-refractivity contribution is 4.90. The standard InChI is InChI=1S/C14H27N3/c1-16-7-2-3-13(11-16)15-9-12-6-8-17(10-12)14-4-5-14/h12-15H,2-11H2,1H3. The van der Waals surface area contributed by atoms with Crippen molar-refractivity contribution < 1.29 is 0 Å². The SMILES string of the molecule is CN1CCCC(NCC2CCN(C3CC3)C2)C1. The molecule has 3 rings (SSSR count). The summed E-state index contributed by atoms with van der Waals surface area (Å²) < 4.78 is 0. The second-order valence-electron chi connectivity index (χ2n) is 6.39. The molecule has 0 bridgehead atoms. The first-order valence-electron chi connectivity index (χ1n) is 7.47. The number of likely N-dealkylation sites (N-methyl/N-ethyl adjacent to an activating group) is 1. The minimum absolute atomic E-state index is 0.753. The van der Waals surface area contributed by atoms with Gasteiger partial charge in [0.2, 0.25) is 0 Å². The molecule has 3 fully saturated rings.